The maximum atomic E-state index is 14.5. The molecule has 172 valence electrons. The zero-order chi connectivity index (χ0) is 24.1. The standard InChI is InChI=1S/C31H21N3OS/c35-36(24-13-5-2-6-14-24)30-20-19-22(21-26(30)25-15-7-8-16-27(25)33-36)31-32-28-17-9-10-18-29(28)34(31)23-11-3-1-4-12-23/h1-21H. The molecule has 0 bridgehead atoms. The Hall–Kier alpha value is -4.48. The minimum atomic E-state index is -2.83. The molecule has 0 N–H and O–H groups in total. The van der Waals surface area contributed by atoms with Crippen molar-refractivity contribution in [3.05, 3.63) is 127 Å². The van der Waals surface area contributed by atoms with Crippen LogP contribution in [0.15, 0.2) is 142 Å². The topological polar surface area (TPSA) is 47.2 Å². The molecule has 2 heterocycles. The summed E-state index contributed by atoms with van der Waals surface area (Å²) >= 11 is 0. The van der Waals surface area contributed by atoms with Gasteiger partial charge in [0, 0.05) is 22.4 Å². The number of rotatable bonds is 3. The van der Waals surface area contributed by atoms with E-state index in [2.05, 4.69) is 28.8 Å². The van der Waals surface area contributed by atoms with Crippen LogP contribution in [0.5, 0.6) is 0 Å². The summed E-state index contributed by atoms with van der Waals surface area (Å²) in [7, 11) is -2.83. The molecule has 0 spiro atoms. The molecule has 0 amide bonds. The van der Waals surface area contributed by atoms with Crippen LogP contribution >= 0.6 is 0 Å². The van der Waals surface area contributed by atoms with E-state index in [1.807, 2.05) is 103 Å². The van der Waals surface area contributed by atoms with Gasteiger partial charge in [0.1, 0.15) is 15.6 Å². The lowest BCUT2D eigenvalue weighted by Gasteiger charge is -2.22. The minimum Gasteiger partial charge on any atom is -0.292 e. The number of hydrogen-bond acceptors (Lipinski definition) is 3. The van der Waals surface area contributed by atoms with Crippen LogP contribution in [0.4, 0.5) is 5.69 Å². The van der Waals surface area contributed by atoms with Gasteiger partial charge in [-0.1, -0.05) is 66.7 Å². The number of nitrogens with zero attached hydrogens (tertiary/aromatic N) is 3. The van der Waals surface area contributed by atoms with Crippen molar-refractivity contribution in [1.29, 1.82) is 0 Å². The number of hydrogen-bond donors (Lipinski definition) is 0. The van der Waals surface area contributed by atoms with Gasteiger partial charge in [0.05, 0.1) is 26.5 Å². The molecule has 0 saturated heterocycles. The van der Waals surface area contributed by atoms with E-state index >= 15 is 0 Å². The maximum Gasteiger partial charge on any atom is 0.145 e. The first-order valence-electron chi connectivity index (χ1n) is 11.8. The highest BCUT2D eigenvalue weighted by atomic mass is 32.2. The lowest BCUT2D eigenvalue weighted by Crippen LogP contribution is -2.08. The predicted octanol–water partition coefficient (Wildman–Crippen LogP) is 7.89. The smallest absolute Gasteiger partial charge is 0.145 e. The molecule has 4 nitrogen and oxygen atoms in total. The van der Waals surface area contributed by atoms with Crippen molar-refractivity contribution in [2.24, 2.45) is 4.36 Å². The average molecular weight is 484 g/mol. The summed E-state index contributed by atoms with van der Waals surface area (Å²) in [4.78, 5) is 6.47. The average Bonchev–Trinajstić information content (AvgIpc) is 3.34. The fraction of sp³-hybridized carbons (Fsp3) is 0. The van der Waals surface area contributed by atoms with Crippen LogP contribution in [0, 0.1) is 0 Å². The number of aromatic nitrogens is 2. The van der Waals surface area contributed by atoms with Crippen molar-refractivity contribution < 1.29 is 4.21 Å². The van der Waals surface area contributed by atoms with Gasteiger partial charge in [0.25, 0.3) is 0 Å². The first kappa shape index (κ1) is 20.9. The highest BCUT2D eigenvalue weighted by molar-refractivity contribution is 7.94. The first-order chi connectivity index (χ1) is 17.7. The second kappa shape index (κ2) is 8.04. The summed E-state index contributed by atoms with van der Waals surface area (Å²) < 4.78 is 21.5. The molecule has 5 aromatic carbocycles. The van der Waals surface area contributed by atoms with Crippen LogP contribution in [-0.4, -0.2) is 13.8 Å². The number of fused-ring (bicyclic) bond motifs is 4. The number of benzene rings is 5. The minimum absolute atomic E-state index is 0.713. The van der Waals surface area contributed by atoms with Gasteiger partial charge in [-0.3, -0.25) is 4.57 Å². The summed E-state index contributed by atoms with van der Waals surface area (Å²) in [5.41, 5.74) is 6.62. The van der Waals surface area contributed by atoms with E-state index < -0.39 is 9.73 Å². The summed E-state index contributed by atoms with van der Waals surface area (Å²) in [6.45, 7) is 0. The molecule has 1 atom stereocenters. The lowest BCUT2D eigenvalue weighted by atomic mass is 10.0. The predicted molar refractivity (Wildman–Crippen MR) is 145 cm³/mol. The summed E-state index contributed by atoms with van der Waals surface area (Å²) in [5.74, 6) is 0.844. The fourth-order valence-electron chi connectivity index (χ4n) is 4.93. The van der Waals surface area contributed by atoms with Gasteiger partial charge in [0.15, 0.2) is 0 Å². The molecular weight excluding hydrogens is 462 g/mol. The SMILES string of the molecule is O=S1(c2ccccc2)=Nc2ccccc2-c2cc(-c3nc4ccccc4n3-c3ccccc3)ccc21. The molecule has 1 aliphatic rings. The van der Waals surface area contributed by atoms with Crippen molar-refractivity contribution in [2.75, 3.05) is 0 Å². The summed E-state index contributed by atoms with van der Waals surface area (Å²) in [6.07, 6.45) is 0. The molecule has 0 saturated carbocycles. The van der Waals surface area contributed by atoms with Gasteiger partial charge in [-0.15, -0.1) is 0 Å². The fourth-order valence-corrected chi connectivity index (χ4v) is 7.07. The Kier molecular flexibility index (Phi) is 4.66. The van der Waals surface area contributed by atoms with Crippen molar-refractivity contribution in [2.45, 2.75) is 9.79 Å². The molecule has 1 aliphatic heterocycles. The van der Waals surface area contributed by atoms with Crippen LogP contribution in [0.3, 0.4) is 0 Å². The van der Waals surface area contributed by atoms with E-state index in [-0.39, 0.29) is 0 Å². The van der Waals surface area contributed by atoms with Crippen molar-refractivity contribution >= 4 is 26.4 Å². The van der Waals surface area contributed by atoms with Gasteiger partial charge < -0.3 is 0 Å². The van der Waals surface area contributed by atoms with Crippen LogP contribution in [0.1, 0.15) is 0 Å². The van der Waals surface area contributed by atoms with Gasteiger partial charge in [0.2, 0.25) is 0 Å². The Bertz CT molecular complexity index is 1880. The molecule has 0 radical (unpaired) electrons. The van der Waals surface area contributed by atoms with Crippen LogP contribution < -0.4 is 0 Å². The molecule has 0 aliphatic carbocycles. The first-order valence-corrected chi connectivity index (χ1v) is 13.3. The van der Waals surface area contributed by atoms with Gasteiger partial charge in [-0.2, -0.15) is 4.36 Å². The Morgan fingerprint density at radius 2 is 1.33 bits per heavy atom. The molecule has 0 fully saturated rings. The zero-order valence-corrected chi connectivity index (χ0v) is 20.1. The third-order valence-corrected chi connectivity index (χ3v) is 8.91. The van der Waals surface area contributed by atoms with E-state index in [0.29, 0.717) is 4.90 Å². The van der Waals surface area contributed by atoms with E-state index in [9.17, 15) is 4.21 Å². The largest absolute Gasteiger partial charge is 0.292 e. The normalized spacial score (nSPS) is 16.2. The molecule has 36 heavy (non-hydrogen) atoms. The second-order valence-corrected chi connectivity index (χ2v) is 10.9. The van der Waals surface area contributed by atoms with Crippen LogP contribution in [0.25, 0.3) is 39.2 Å². The van der Waals surface area contributed by atoms with E-state index in [1.54, 1.807) is 0 Å². The van der Waals surface area contributed by atoms with Gasteiger partial charge in [-0.25, -0.2) is 9.19 Å². The Morgan fingerprint density at radius 1 is 0.639 bits per heavy atom. The third-order valence-electron chi connectivity index (χ3n) is 6.59. The summed E-state index contributed by atoms with van der Waals surface area (Å²) in [6, 6.07) is 42.0. The van der Waals surface area contributed by atoms with Crippen molar-refractivity contribution in [3.8, 4) is 28.2 Å². The molecule has 1 unspecified atom stereocenters. The maximum absolute atomic E-state index is 14.5. The third kappa shape index (κ3) is 3.13. The monoisotopic (exact) mass is 483 g/mol. The quantitative estimate of drug-likeness (QED) is 0.256. The Labute approximate surface area is 209 Å². The zero-order valence-electron chi connectivity index (χ0n) is 19.3. The van der Waals surface area contributed by atoms with E-state index in [1.165, 1.54) is 0 Å². The Balaban J connectivity index is 1.52. The molecule has 7 rings (SSSR count). The molecular formula is C31H21N3OS. The van der Waals surface area contributed by atoms with Gasteiger partial charge >= 0.3 is 0 Å². The Morgan fingerprint density at radius 3 is 2.17 bits per heavy atom. The molecule has 1 aromatic heterocycles. The van der Waals surface area contributed by atoms with Crippen molar-refractivity contribution in [3.63, 3.8) is 0 Å². The highest BCUT2D eigenvalue weighted by Gasteiger charge is 2.27. The second-order valence-electron chi connectivity index (χ2n) is 8.75. The van der Waals surface area contributed by atoms with Crippen molar-refractivity contribution in [1.82, 2.24) is 9.55 Å². The van der Waals surface area contributed by atoms with E-state index in [4.69, 9.17) is 9.35 Å². The number of para-hydroxylation sites is 3. The number of imidazole rings is 1. The highest BCUT2D eigenvalue weighted by Crippen LogP contribution is 2.45. The summed E-state index contributed by atoms with van der Waals surface area (Å²) in [5, 5.41) is 0. The van der Waals surface area contributed by atoms with Crippen LogP contribution in [0.2, 0.25) is 0 Å². The van der Waals surface area contributed by atoms with Gasteiger partial charge in [-0.05, 0) is 60.7 Å². The van der Waals surface area contributed by atoms with Crippen LogP contribution in [-0.2, 0) is 9.73 Å². The molecule has 5 heteroatoms. The molecule has 6 aromatic rings. The van der Waals surface area contributed by atoms with E-state index in [0.717, 1.165) is 49.8 Å². The lowest BCUT2D eigenvalue weighted by molar-refractivity contribution is 0.676.